The van der Waals surface area contributed by atoms with Gasteiger partial charge in [0, 0.05) is 36.6 Å². The third kappa shape index (κ3) is 4.48. The van der Waals surface area contributed by atoms with Gasteiger partial charge in [0.15, 0.2) is 11.5 Å². The average Bonchev–Trinajstić information content (AvgIpc) is 2.72. The molecule has 0 bridgehead atoms. The quantitative estimate of drug-likeness (QED) is 0.773. The van der Waals surface area contributed by atoms with Crippen LogP contribution in [0.5, 0.6) is 11.5 Å². The summed E-state index contributed by atoms with van der Waals surface area (Å²) in [5.74, 6) is -0.743. The molecule has 8 heteroatoms. The summed E-state index contributed by atoms with van der Waals surface area (Å²) in [7, 11) is 2.99. The third-order valence-electron chi connectivity index (χ3n) is 4.69. The summed E-state index contributed by atoms with van der Waals surface area (Å²) in [5, 5.41) is 5.10. The van der Waals surface area contributed by atoms with E-state index in [0.717, 1.165) is 24.1 Å². The van der Waals surface area contributed by atoms with Gasteiger partial charge in [-0.15, -0.1) is 0 Å². The molecular weight excluding hydrogens is 374 g/mol. The zero-order valence-electron chi connectivity index (χ0n) is 16.6. The van der Waals surface area contributed by atoms with Crippen molar-refractivity contribution in [1.29, 1.82) is 0 Å². The lowest BCUT2D eigenvalue weighted by Crippen LogP contribution is -2.34. The van der Waals surface area contributed by atoms with Gasteiger partial charge in [-0.2, -0.15) is 0 Å². The van der Waals surface area contributed by atoms with E-state index in [1.165, 1.54) is 21.1 Å². The number of nitrogens with zero attached hydrogens (tertiary/aromatic N) is 1. The van der Waals surface area contributed by atoms with E-state index in [2.05, 4.69) is 10.6 Å². The van der Waals surface area contributed by atoms with Crippen LogP contribution in [0, 0.1) is 0 Å². The number of hydrogen-bond donors (Lipinski definition) is 2. The van der Waals surface area contributed by atoms with Gasteiger partial charge in [0.2, 0.25) is 5.91 Å². The Balaban J connectivity index is 1.71. The lowest BCUT2D eigenvalue weighted by Gasteiger charge is -2.29. The first-order chi connectivity index (χ1) is 13.9. The number of anilines is 3. The molecule has 29 heavy (non-hydrogen) atoms. The Morgan fingerprint density at radius 2 is 1.52 bits per heavy atom. The van der Waals surface area contributed by atoms with E-state index < -0.39 is 11.8 Å². The number of carbonyl (C=O) groups excluding carboxylic acids is 3. The standard InChI is InChI=1S/C21H23N3O5/c1-13(25)24-10-4-5-14-6-7-15(11-17(14)24)22-20(26)21(27)23-16-8-9-18(28-2)19(12-16)29-3/h6-9,11-12H,4-5,10H2,1-3H3,(H,22,26)(H,23,27). The molecule has 2 aromatic rings. The number of benzene rings is 2. The van der Waals surface area contributed by atoms with Crippen molar-refractivity contribution in [3.8, 4) is 11.5 Å². The Morgan fingerprint density at radius 3 is 2.14 bits per heavy atom. The average molecular weight is 397 g/mol. The minimum atomic E-state index is -0.821. The number of fused-ring (bicyclic) bond motifs is 1. The summed E-state index contributed by atoms with van der Waals surface area (Å²) in [4.78, 5) is 38.1. The van der Waals surface area contributed by atoms with Crippen LogP contribution in [0.2, 0.25) is 0 Å². The molecule has 0 radical (unpaired) electrons. The third-order valence-corrected chi connectivity index (χ3v) is 4.69. The maximum absolute atomic E-state index is 12.3. The monoisotopic (exact) mass is 397 g/mol. The molecule has 1 aliphatic rings. The van der Waals surface area contributed by atoms with Gasteiger partial charge in [0.1, 0.15) is 0 Å². The number of ether oxygens (including phenoxy) is 2. The maximum atomic E-state index is 12.3. The van der Waals surface area contributed by atoms with Gasteiger partial charge in [0.25, 0.3) is 0 Å². The fourth-order valence-corrected chi connectivity index (χ4v) is 3.27. The SMILES string of the molecule is COc1ccc(NC(=O)C(=O)Nc2ccc3c(c2)N(C(C)=O)CCC3)cc1OC. The summed E-state index contributed by atoms with van der Waals surface area (Å²) >= 11 is 0. The van der Waals surface area contributed by atoms with Crippen LogP contribution in [0.4, 0.5) is 17.1 Å². The van der Waals surface area contributed by atoms with Gasteiger partial charge in [-0.1, -0.05) is 6.07 Å². The molecule has 8 nitrogen and oxygen atoms in total. The second-order valence-corrected chi connectivity index (χ2v) is 6.60. The van der Waals surface area contributed by atoms with E-state index in [9.17, 15) is 14.4 Å². The van der Waals surface area contributed by atoms with Crippen LogP contribution in [0.15, 0.2) is 36.4 Å². The summed E-state index contributed by atoms with van der Waals surface area (Å²) in [6.07, 6.45) is 1.76. The number of nitrogens with one attached hydrogen (secondary N) is 2. The summed E-state index contributed by atoms with van der Waals surface area (Å²) in [6.45, 7) is 2.15. The zero-order chi connectivity index (χ0) is 21.0. The van der Waals surface area contributed by atoms with E-state index in [-0.39, 0.29) is 5.91 Å². The first-order valence-corrected chi connectivity index (χ1v) is 9.18. The van der Waals surface area contributed by atoms with Crippen LogP contribution in [0.25, 0.3) is 0 Å². The first kappa shape index (κ1) is 20.2. The molecule has 0 fully saturated rings. The van der Waals surface area contributed by atoms with Crippen LogP contribution < -0.4 is 25.0 Å². The highest BCUT2D eigenvalue weighted by Crippen LogP contribution is 2.31. The van der Waals surface area contributed by atoms with Crippen molar-refractivity contribution in [1.82, 2.24) is 0 Å². The number of hydrogen-bond acceptors (Lipinski definition) is 5. The molecule has 0 aromatic heterocycles. The molecule has 3 amide bonds. The van der Waals surface area contributed by atoms with E-state index in [1.54, 1.807) is 35.2 Å². The smallest absolute Gasteiger partial charge is 0.314 e. The highest BCUT2D eigenvalue weighted by atomic mass is 16.5. The number of amides is 3. The molecule has 1 heterocycles. The van der Waals surface area contributed by atoms with Crippen LogP contribution in [0.3, 0.4) is 0 Å². The maximum Gasteiger partial charge on any atom is 0.314 e. The van der Waals surface area contributed by atoms with Gasteiger partial charge in [0.05, 0.1) is 14.2 Å². The Hall–Kier alpha value is -3.55. The number of rotatable bonds is 4. The van der Waals surface area contributed by atoms with E-state index in [0.29, 0.717) is 29.4 Å². The van der Waals surface area contributed by atoms with Gasteiger partial charge in [-0.3, -0.25) is 14.4 Å². The van der Waals surface area contributed by atoms with Crippen molar-refractivity contribution in [3.63, 3.8) is 0 Å². The van der Waals surface area contributed by atoms with E-state index >= 15 is 0 Å². The molecule has 0 spiro atoms. The van der Waals surface area contributed by atoms with Crippen molar-refractivity contribution in [3.05, 3.63) is 42.0 Å². The number of methoxy groups -OCH3 is 2. The lowest BCUT2D eigenvalue weighted by molar-refractivity contribution is -0.132. The van der Waals surface area contributed by atoms with Crippen molar-refractivity contribution in [2.75, 3.05) is 36.3 Å². The molecule has 0 atom stereocenters. The molecule has 152 valence electrons. The second-order valence-electron chi connectivity index (χ2n) is 6.60. The molecule has 0 unspecified atom stereocenters. The van der Waals surface area contributed by atoms with E-state index in [4.69, 9.17) is 9.47 Å². The van der Waals surface area contributed by atoms with E-state index in [1.807, 2.05) is 6.07 Å². The second kappa shape index (κ2) is 8.64. The van der Waals surface area contributed by atoms with Crippen molar-refractivity contribution >= 4 is 34.8 Å². The molecule has 0 saturated carbocycles. The minimum Gasteiger partial charge on any atom is -0.493 e. The molecule has 1 aliphatic heterocycles. The highest BCUT2D eigenvalue weighted by Gasteiger charge is 2.21. The lowest BCUT2D eigenvalue weighted by atomic mass is 10.0. The molecule has 3 rings (SSSR count). The summed E-state index contributed by atoms with van der Waals surface area (Å²) in [6, 6.07) is 10.1. The Labute approximate surface area is 168 Å². The van der Waals surface area contributed by atoms with Crippen LogP contribution >= 0.6 is 0 Å². The van der Waals surface area contributed by atoms with Gasteiger partial charge in [-0.25, -0.2) is 0 Å². The van der Waals surface area contributed by atoms with Crippen LogP contribution in [-0.4, -0.2) is 38.5 Å². The fraction of sp³-hybridized carbons (Fsp3) is 0.286. The van der Waals surface area contributed by atoms with Gasteiger partial charge in [-0.05, 0) is 42.7 Å². The largest absolute Gasteiger partial charge is 0.493 e. The Morgan fingerprint density at radius 1 is 0.897 bits per heavy atom. The predicted octanol–water partition coefficient (Wildman–Crippen LogP) is 2.58. The van der Waals surface area contributed by atoms with Gasteiger partial charge < -0.3 is 25.0 Å². The fourth-order valence-electron chi connectivity index (χ4n) is 3.27. The van der Waals surface area contributed by atoms with Crippen molar-refractivity contribution < 1.29 is 23.9 Å². The van der Waals surface area contributed by atoms with Crippen LogP contribution in [-0.2, 0) is 20.8 Å². The topological polar surface area (TPSA) is 97.0 Å². The predicted molar refractivity (Wildman–Crippen MR) is 110 cm³/mol. The molecule has 2 N–H and O–H groups in total. The van der Waals surface area contributed by atoms with Crippen molar-refractivity contribution in [2.45, 2.75) is 19.8 Å². The molecule has 0 aliphatic carbocycles. The molecule has 2 aromatic carbocycles. The van der Waals surface area contributed by atoms with Crippen LogP contribution in [0.1, 0.15) is 18.9 Å². The van der Waals surface area contributed by atoms with Gasteiger partial charge >= 0.3 is 11.8 Å². The summed E-state index contributed by atoms with van der Waals surface area (Å²) < 4.78 is 10.3. The normalized spacial score (nSPS) is 12.6. The Bertz CT molecular complexity index is 957. The number of carbonyl (C=O) groups is 3. The zero-order valence-corrected chi connectivity index (χ0v) is 16.6. The minimum absolute atomic E-state index is 0.0550. The highest BCUT2D eigenvalue weighted by molar-refractivity contribution is 6.43. The summed E-state index contributed by atoms with van der Waals surface area (Å²) in [5.41, 5.74) is 2.65. The first-order valence-electron chi connectivity index (χ1n) is 9.18. The molecule has 0 saturated heterocycles. The number of aryl methyl sites for hydroxylation is 1. The molecular formula is C21H23N3O5. The van der Waals surface area contributed by atoms with Crippen molar-refractivity contribution in [2.24, 2.45) is 0 Å². The Kier molecular flexibility index (Phi) is 6.01.